The third kappa shape index (κ3) is 13.5. The van der Waals surface area contributed by atoms with Crippen LogP contribution in [0, 0.1) is 0 Å². The number of aromatic carboxylic acids is 2. The largest absolute Gasteiger partial charge is 0.507 e. The number of azo groups is 4. The third-order valence-corrected chi connectivity index (χ3v) is 9.82. The van der Waals surface area contributed by atoms with Crippen LogP contribution in [0.2, 0.25) is 0 Å². The van der Waals surface area contributed by atoms with E-state index in [4.69, 9.17) is 5.73 Å². The number of phenols is 3. The number of nitrogens with two attached hydrogens (primary N) is 1. The van der Waals surface area contributed by atoms with Crippen LogP contribution in [0.5, 0.6) is 17.2 Å². The molecule has 0 bridgehead atoms. The molecule has 0 spiro atoms. The summed E-state index contributed by atoms with van der Waals surface area (Å²) in [6.07, 6.45) is 0. The van der Waals surface area contributed by atoms with Crippen LogP contribution in [0.25, 0.3) is 10.8 Å². The quantitative estimate of drug-likeness (QED) is 0.0254. The number of carboxylic acids is 2. The van der Waals surface area contributed by atoms with Crippen LogP contribution < -0.4 is 5.73 Å². The fourth-order valence-electron chi connectivity index (χ4n) is 5.24. The Morgan fingerprint density at radius 3 is 1.09 bits per heavy atom. The summed E-state index contributed by atoms with van der Waals surface area (Å²) in [5.41, 5.74) is 4.31. The molecule has 9 N–H and O–H groups in total. The summed E-state index contributed by atoms with van der Waals surface area (Å²) in [7, 11) is -10.3. The van der Waals surface area contributed by atoms with Gasteiger partial charge in [0, 0.05) is 118 Å². The van der Waals surface area contributed by atoms with Crippen molar-refractivity contribution in [3.8, 4) is 17.2 Å². The van der Waals surface area contributed by atoms with E-state index in [1.807, 2.05) is 0 Å². The average Bonchev–Trinajstić information content (AvgIpc) is 3.19. The maximum Gasteiger partial charge on any atom is 0.339 e. The van der Waals surface area contributed by atoms with Gasteiger partial charge in [0.15, 0.2) is 5.75 Å². The first-order chi connectivity index (χ1) is 28.3. The molecule has 0 atom stereocenters. The van der Waals surface area contributed by atoms with E-state index in [0.29, 0.717) is 0 Å². The Balaban J connectivity index is 0.00000352. The van der Waals surface area contributed by atoms with Gasteiger partial charge in [-0.3, -0.25) is 9.11 Å². The van der Waals surface area contributed by atoms with Gasteiger partial charge in [0.25, 0.3) is 20.2 Å². The van der Waals surface area contributed by atoms with Crippen molar-refractivity contribution in [1.29, 1.82) is 0 Å². The van der Waals surface area contributed by atoms with E-state index in [-0.39, 0.29) is 169 Å². The maximum absolute atomic E-state index is 12.5. The van der Waals surface area contributed by atoms with Crippen LogP contribution in [-0.2, 0) is 20.2 Å². The summed E-state index contributed by atoms with van der Waals surface area (Å²) in [6, 6.07) is 19.7. The van der Waals surface area contributed by atoms with E-state index >= 15 is 0 Å². The Morgan fingerprint density at radius 1 is 0.453 bits per heavy atom. The Morgan fingerprint density at radius 2 is 0.750 bits per heavy atom. The minimum absolute atomic E-state index is 0. The molecule has 6 aromatic rings. The molecule has 64 heavy (non-hydrogen) atoms. The summed E-state index contributed by atoms with van der Waals surface area (Å²) >= 11 is 0. The minimum atomic E-state index is -5.19. The Bertz CT molecular complexity index is 2900. The van der Waals surface area contributed by atoms with Crippen LogP contribution in [0.15, 0.2) is 148 Å². The van der Waals surface area contributed by atoms with Crippen LogP contribution in [0.4, 0.5) is 51.2 Å². The predicted molar refractivity (Wildman–Crippen MR) is 232 cm³/mol. The molecule has 0 aliphatic carbocycles. The fourth-order valence-corrected chi connectivity index (χ4v) is 6.57. The first kappa shape index (κ1) is 56.1. The van der Waals surface area contributed by atoms with Crippen molar-refractivity contribution in [2.24, 2.45) is 40.9 Å². The second-order valence-electron chi connectivity index (χ2n) is 12.1. The maximum atomic E-state index is 12.5. The second kappa shape index (κ2) is 23.4. The zero-order valence-electron chi connectivity index (χ0n) is 33.8. The van der Waals surface area contributed by atoms with Gasteiger partial charge < -0.3 is 31.3 Å². The monoisotopic (exact) mass is 947 g/mol. The SMILES string of the molecule is Nc1c(N=Nc2ccc(N=Nc3ccc(O)c(C(=O)O)c3)cc2)c(S(=O)(=O)O)cc2cc(S(=O)(=O)O)c(N=Nc3ccc(N=Nc4ccc(O)c(C(=O)O)c4)cc3)c(O)c12.[Na].[Na].[Na].[Na]. The van der Waals surface area contributed by atoms with Crippen molar-refractivity contribution < 1.29 is 61.1 Å². The van der Waals surface area contributed by atoms with Crippen LogP contribution in [-0.4, -0.2) is 182 Å². The van der Waals surface area contributed by atoms with E-state index < -0.39 is 81.7 Å². The number of rotatable bonds is 12. The third-order valence-electron chi connectivity index (χ3n) is 8.08. The van der Waals surface area contributed by atoms with Crippen LogP contribution >= 0.6 is 0 Å². The zero-order valence-corrected chi connectivity index (χ0v) is 43.4. The van der Waals surface area contributed by atoms with Crippen molar-refractivity contribution in [1.82, 2.24) is 0 Å². The molecule has 0 aliphatic heterocycles. The zero-order chi connectivity index (χ0) is 43.5. The Labute approximate surface area is 449 Å². The molecule has 28 heteroatoms. The van der Waals surface area contributed by atoms with Crippen molar-refractivity contribution >= 4 is 212 Å². The Hall–Kier alpha value is -4.06. The topological polar surface area (TPSA) is 369 Å². The minimum Gasteiger partial charge on any atom is -0.507 e. The van der Waals surface area contributed by atoms with Gasteiger partial charge in [0.2, 0.25) is 0 Å². The van der Waals surface area contributed by atoms with Gasteiger partial charge in [-0.15, -0.1) is 10.2 Å². The van der Waals surface area contributed by atoms with Crippen molar-refractivity contribution in [2.45, 2.75) is 9.79 Å². The summed E-state index contributed by atoms with van der Waals surface area (Å²) in [5, 5.41) is 79.6. The summed E-state index contributed by atoms with van der Waals surface area (Å²) in [5.74, 6) is -4.65. The molecule has 22 nitrogen and oxygen atoms in total. The molecule has 0 aromatic heterocycles. The number of hydrogen-bond donors (Lipinski definition) is 8. The van der Waals surface area contributed by atoms with Crippen LogP contribution in [0.1, 0.15) is 20.7 Å². The molecule has 308 valence electrons. The molecule has 0 amide bonds. The molecule has 0 heterocycles. The molecule has 0 fully saturated rings. The van der Waals surface area contributed by atoms with E-state index in [2.05, 4.69) is 40.9 Å². The number of fused-ring (bicyclic) bond motifs is 1. The van der Waals surface area contributed by atoms with Gasteiger partial charge in [-0.25, -0.2) is 9.59 Å². The molecule has 0 saturated heterocycles. The number of benzene rings is 6. The molecule has 0 saturated carbocycles. The predicted octanol–water partition coefficient (Wildman–Crippen LogP) is 7.57. The number of carboxylic acid groups (broad SMARTS) is 2. The first-order valence-electron chi connectivity index (χ1n) is 16.4. The van der Waals surface area contributed by atoms with E-state index in [1.54, 1.807) is 0 Å². The molecule has 6 aromatic carbocycles. The van der Waals surface area contributed by atoms with Crippen molar-refractivity contribution in [3.63, 3.8) is 0 Å². The Kier molecular flexibility index (Phi) is 20.5. The number of hydrogen-bond acceptors (Lipinski definition) is 18. The van der Waals surface area contributed by atoms with Crippen LogP contribution in [0.3, 0.4) is 0 Å². The fraction of sp³-hybridized carbons (Fsp3) is 0. The number of nitrogen functional groups attached to an aromatic ring is 1. The smallest absolute Gasteiger partial charge is 0.339 e. The average molecular weight is 948 g/mol. The molecule has 6 rings (SSSR count). The molecular formula is C36H25N9Na4O13S2. The van der Waals surface area contributed by atoms with Gasteiger partial charge in [0.05, 0.1) is 45.2 Å². The number of phenolic OH excluding ortho intramolecular Hbond substituents is 1. The van der Waals surface area contributed by atoms with E-state index in [9.17, 15) is 61.1 Å². The number of nitrogens with zero attached hydrogens (tertiary/aromatic N) is 8. The molecule has 0 aliphatic rings. The van der Waals surface area contributed by atoms with E-state index in [1.165, 1.54) is 60.7 Å². The van der Waals surface area contributed by atoms with Gasteiger partial charge in [-0.1, -0.05) is 0 Å². The van der Waals surface area contributed by atoms with Crippen molar-refractivity contribution in [3.05, 3.63) is 108 Å². The molecule has 0 unspecified atom stereocenters. The van der Waals surface area contributed by atoms with E-state index in [0.717, 1.165) is 36.4 Å². The van der Waals surface area contributed by atoms with Crippen molar-refractivity contribution in [2.75, 3.05) is 5.73 Å². The van der Waals surface area contributed by atoms with Gasteiger partial charge in [-0.2, -0.15) is 47.5 Å². The standard InChI is InChI=1S/C36H25N9O13S2.4Na/c37-31-30-17(13-28(59(53,54)55)32(31)44-40-20-5-1-18(2-6-20)38-42-22-9-11-26(46)24(15-22)35(49)50)14-29(60(56,57)58)33(34(30)48)45-41-21-7-3-19(4-8-21)39-43-23-10-12-27(47)25(16-23)36(51)52;;;;/h1-16,46-48H,37H2,(H,49,50)(H,51,52)(H,53,54,55)(H,56,57,58);;;;. The number of carbonyl (C=O) groups is 2. The number of aromatic hydroxyl groups is 3. The first-order valence-corrected chi connectivity index (χ1v) is 19.2. The number of anilines is 1. The summed E-state index contributed by atoms with van der Waals surface area (Å²) in [6.45, 7) is 0. The van der Waals surface area contributed by atoms with Gasteiger partial charge in [0.1, 0.15) is 43.8 Å². The summed E-state index contributed by atoms with van der Waals surface area (Å²) < 4.78 is 69.9. The normalized spacial score (nSPS) is 11.6. The van der Waals surface area contributed by atoms with Gasteiger partial charge >= 0.3 is 11.9 Å². The molecular weight excluding hydrogens is 923 g/mol. The second-order valence-corrected chi connectivity index (χ2v) is 14.9. The summed E-state index contributed by atoms with van der Waals surface area (Å²) in [4.78, 5) is 20.6. The molecule has 4 radical (unpaired) electrons. The van der Waals surface area contributed by atoms with Gasteiger partial charge in [-0.05, 0) is 102 Å².